The molecule has 0 aliphatic rings. The first kappa shape index (κ1) is 17.2. The van der Waals surface area contributed by atoms with Gasteiger partial charge in [-0.2, -0.15) is 0 Å². The van der Waals surface area contributed by atoms with Crippen LogP contribution in [-0.4, -0.2) is 18.8 Å². The standard InChI is InChI=1S/C18H18BrNO3/c1-12-6-7-14(11-16(12)19)20-18(22)9-8-17(21)13-4-3-5-15(10-13)23-2/h3-7,10-11H,8-9H2,1-2H3,(H,20,22). The van der Waals surface area contributed by atoms with Crippen LogP contribution in [0.3, 0.4) is 0 Å². The van der Waals surface area contributed by atoms with Crippen molar-refractivity contribution in [2.24, 2.45) is 0 Å². The minimum absolute atomic E-state index is 0.0795. The van der Waals surface area contributed by atoms with Gasteiger partial charge in [0.2, 0.25) is 5.91 Å². The van der Waals surface area contributed by atoms with Crippen LogP contribution in [0.1, 0.15) is 28.8 Å². The van der Waals surface area contributed by atoms with Crippen molar-refractivity contribution in [2.45, 2.75) is 19.8 Å². The number of halogens is 1. The Bertz CT molecular complexity index is 728. The Kier molecular flexibility index (Phi) is 5.93. The summed E-state index contributed by atoms with van der Waals surface area (Å²) >= 11 is 3.43. The molecule has 2 aromatic carbocycles. The molecule has 0 aliphatic heterocycles. The van der Waals surface area contributed by atoms with Crippen molar-refractivity contribution in [3.05, 3.63) is 58.1 Å². The van der Waals surface area contributed by atoms with E-state index in [1.165, 1.54) is 0 Å². The van der Waals surface area contributed by atoms with Crippen LogP contribution in [-0.2, 0) is 4.79 Å². The van der Waals surface area contributed by atoms with Crippen LogP contribution in [0, 0.1) is 6.92 Å². The van der Waals surface area contributed by atoms with Gasteiger partial charge in [0.15, 0.2) is 5.78 Å². The van der Waals surface area contributed by atoms with E-state index in [0.29, 0.717) is 17.0 Å². The summed E-state index contributed by atoms with van der Waals surface area (Å²) in [5, 5.41) is 2.79. The molecule has 2 rings (SSSR count). The van der Waals surface area contributed by atoms with Gasteiger partial charge in [0.1, 0.15) is 5.75 Å². The van der Waals surface area contributed by atoms with Crippen molar-refractivity contribution in [3.8, 4) is 5.75 Å². The van der Waals surface area contributed by atoms with E-state index < -0.39 is 0 Å². The molecule has 23 heavy (non-hydrogen) atoms. The highest BCUT2D eigenvalue weighted by atomic mass is 79.9. The number of rotatable bonds is 6. The normalized spacial score (nSPS) is 10.2. The number of Topliss-reactive ketones (excluding diaryl/α,β-unsaturated/α-hetero) is 1. The molecule has 4 nitrogen and oxygen atoms in total. The number of ketones is 1. The molecule has 0 aliphatic carbocycles. The first-order valence-corrected chi connectivity index (χ1v) is 8.02. The van der Waals surface area contributed by atoms with Gasteiger partial charge >= 0.3 is 0 Å². The number of hydrogen-bond acceptors (Lipinski definition) is 3. The van der Waals surface area contributed by atoms with E-state index in [2.05, 4.69) is 21.2 Å². The minimum Gasteiger partial charge on any atom is -0.497 e. The van der Waals surface area contributed by atoms with Crippen molar-refractivity contribution in [1.82, 2.24) is 0 Å². The number of carbonyl (C=O) groups excluding carboxylic acids is 2. The molecule has 0 fully saturated rings. The fourth-order valence-electron chi connectivity index (χ4n) is 2.06. The highest BCUT2D eigenvalue weighted by Gasteiger charge is 2.10. The topological polar surface area (TPSA) is 55.4 Å². The lowest BCUT2D eigenvalue weighted by Crippen LogP contribution is -2.13. The molecule has 1 N–H and O–H groups in total. The van der Waals surface area contributed by atoms with Gasteiger partial charge in [-0.25, -0.2) is 0 Å². The molecule has 0 saturated carbocycles. The average Bonchev–Trinajstić information content (AvgIpc) is 2.56. The quantitative estimate of drug-likeness (QED) is 0.762. The second kappa shape index (κ2) is 7.92. The summed E-state index contributed by atoms with van der Waals surface area (Å²) in [6.45, 7) is 1.97. The van der Waals surface area contributed by atoms with E-state index in [1.807, 2.05) is 25.1 Å². The number of amides is 1. The Morgan fingerprint density at radius 1 is 1.13 bits per heavy atom. The van der Waals surface area contributed by atoms with Crippen LogP contribution in [0.2, 0.25) is 0 Å². The van der Waals surface area contributed by atoms with Gasteiger partial charge < -0.3 is 10.1 Å². The molecule has 0 atom stereocenters. The number of carbonyl (C=O) groups is 2. The minimum atomic E-state index is -0.183. The maximum atomic E-state index is 12.1. The molecule has 0 unspecified atom stereocenters. The fourth-order valence-corrected chi connectivity index (χ4v) is 2.44. The van der Waals surface area contributed by atoms with Crippen molar-refractivity contribution < 1.29 is 14.3 Å². The smallest absolute Gasteiger partial charge is 0.224 e. The Morgan fingerprint density at radius 3 is 2.61 bits per heavy atom. The van der Waals surface area contributed by atoms with Gasteiger partial charge in [-0.05, 0) is 36.8 Å². The number of ether oxygens (including phenoxy) is 1. The summed E-state index contributed by atoms with van der Waals surface area (Å²) in [6, 6.07) is 12.5. The van der Waals surface area contributed by atoms with Crippen LogP contribution in [0.25, 0.3) is 0 Å². The van der Waals surface area contributed by atoms with E-state index >= 15 is 0 Å². The summed E-state index contributed by atoms with van der Waals surface area (Å²) in [5.74, 6) is 0.367. The van der Waals surface area contributed by atoms with Crippen LogP contribution < -0.4 is 10.1 Å². The van der Waals surface area contributed by atoms with Gasteiger partial charge in [-0.1, -0.05) is 34.1 Å². The summed E-state index contributed by atoms with van der Waals surface area (Å²) in [7, 11) is 1.55. The number of nitrogens with one attached hydrogen (secondary N) is 1. The van der Waals surface area contributed by atoms with Crippen molar-refractivity contribution in [2.75, 3.05) is 12.4 Å². The van der Waals surface area contributed by atoms with Crippen molar-refractivity contribution in [3.63, 3.8) is 0 Å². The molecule has 0 bridgehead atoms. The maximum Gasteiger partial charge on any atom is 0.224 e. The van der Waals surface area contributed by atoms with Gasteiger partial charge in [-0.3, -0.25) is 9.59 Å². The molecule has 0 spiro atoms. The Hall–Kier alpha value is -2.14. The van der Waals surface area contributed by atoms with E-state index in [9.17, 15) is 9.59 Å². The molecule has 0 radical (unpaired) electrons. The van der Waals surface area contributed by atoms with Gasteiger partial charge in [-0.15, -0.1) is 0 Å². The highest BCUT2D eigenvalue weighted by Crippen LogP contribution is 2.21. The summed E-state index contributed by atoms with van der Waals surface area (Å²) < 4.78 is 6.03. The Morgan fingerprint density at radius 2 is 1.91 bits per heavy atom. The van der Waals surface area contributed by atoms with Crippen molar-refractivity contribution >= 4 is 33.3 Å². The van der Waals surface area contributed by atoms with Crippen LogP contribution in [0.5, 0.6) is 5.75 Å². The predicted molar refractivity (Wildman–Crippen MR) is 94.1 cm³/mol. The van der Waals surface area contributed by atoms with Crippen LogP contribution >= 0.6 is 15.9 Å². The van der Waals surface area contributed by atoms with Crippen molar-refractivity contribution in [1.29, 1.82) is 0 Å². The monoisotopic (exact) mass is 375 g/mol. The lowest BCUT2D eigenvalue weighted by Gasteiger charge is -2.07. The largest absolute Gasteiger partial charge is 0.497 e. The summed E-state index contributed by atoms with van der Waals surface area (Å²) in [4.78, 5) is 24.1. The number of anilines is 1. The molecular weight excluding hydrogens is 358 g/mol. The third-order valence-corrected chi connectivity index (χ3v) is 4.28. The van der Waals surface area contributed by atoms with E-state index in [0.717, 1.165) is 10.0 Å². The van der Waals surface area contributed by atoms with Gasteiger partial charge in [0.05, 0.1) is 7.11 Å². The maximum absolute atomic E-state index is 12.1. The van der Waals surface area contributed by atoms with E-state index in [4.69, 9.17) is 4.74 Å². The van der Waals surface area contributed by atoms with E-state index in [1.54, 1.807) is 31.4 Å². The first-order valence-electron chi connectivity index (χ1n) is 7.23. The summed E-state index contributed by atoms with van der Waals surface area (Å²) in [5.41, 5.74) is 2.35. The lowest BCUT2D eigenvalue weighted by molar-refractivity contribution is -0.116. The van der Waals surface area contributed by atoms with Crippen LogP contribution in [0.15, 0.2) is 46.9 Å². The Balaban J connectivity index is 1.90. The van der Waals surface area contributed by atoms with E-state index in [-0.39, 0.29) is 24.5 Å². The molecule has 0 heterocycles. The molecule has 0 saturated heterocycles. The first-order chi connectivity index (χ1) is 11.0. The Labute approximate surface area is 144 Å². The second-order valence-electron chi connectivity index (χ2n) is 5.17. The molecular formula is C18H18BrNO3. The zero-order chi connectivity index (χ0) is 16.8. The third-order valence-electron chi connectivity index (χ3n) is 3.43. The second-order valence-corrected chi connectivity index (χ2v) is 6.02. The van der Waals surface area contributed by atoms with Gasteiger partial charge in [0.25, 0.3) is 0 Å². The zero-order valence-electron chi connectivity index (χ0n) is 13.1. The molecule has 5 heteroatoms. The zero-order valence-corrected chi connectivity index (χ0v) is 14.6. The number of benzene rings is 2. The number of aryl methyl sites for hydroxylation is 1. The number of methoxy groups -OCH3 is 1. The lowest BCUT2D eigenvalue weighted by atomic mass is 10.1. The molecule has 1 amide bonds. The molecule has 120 valence electrons. The fraction of sp³-hybridized carbons (Fsp3) is 0.222. The SMILES string of the molecule is COc1cccc(C(=O)CCC(=O)Nc2ccc(C)c(Br)c2)c1. The average molecular weight is 376 g/mol. The number of hydrogen-bond donors (Lipinski definition) is 1. The third kappa shape index (κ3) is 4.93. The highest BCUT2D eigenvalue weighted by molar-refractivity contribution is 9.10. The molecule has 2 aromatic rings. The summed E-state index contributed by atoms with van der Waals surface area (Å²) in [6.07, 6.45) is 0.299. The van der Waals surface area contributed by atoms with Crippen LogP contribution in [0.4, 0.5) is 5.69 Å². The van der Waals surface area contributed by atoms with Gasteiger partial charge in [0, 0.05) is 28.6 Å². The predicted octanol–water partition coefficient (Wildman–Crippen LogP) is 4.37. The molecule has 0 aromatic heterocycles.